The van der Waals surface area contributed by atoms with Crippen molar-refractivity contribution in [3.8, 4) is 5.75 Å². The molecule has 1 aromatic heterocycles. The number of thiazole rings is 1. The molecule has 0 unspecified atom stereocenters. The molecule has 1 saturated heterocycles. The number of benzene rings is 3. The highest BCUT2D eigenvalue weighted by Gasteiger charge is 2.70. The number of rotatable bonds is 6. The number of hydrogen-bond acceptors (Lipinski definition) is 7. The van der Waals surface area contributed by atoms with Crippen molar-refractivity contribution < 1.29 is 32.3 Å². The summed E-state index contributed by atoms with van der Waals surface area (Å²) in [5.74, 6) is -3.48. The van der Waals surface area contributed by atoms with Crippen LogP contribution in [0, 0.1) is 29.6 Å². The Balaban J connectivity index is 1.13. The number of halogens is 5. The molecule has 3 heterocycles. The van der Waals surface area contributed by atoms with Crippen LogP contribution in [0.15, 0.2) is 81.0 Å². The van der Waals surface area contributed by atoms with E-state index in [1.807, 2.05) is 6.07 Å². The van der Waals surface area contributed by atoms with Crippen molar-refractivity contribution in [2.24, 2.45) is 29.6 Å². The summed E-state index contributed by atoms with van der Waals surface area (Å²) in [6, 6.07) is 16.4. The number of carbonyl (C=O) groups excluding carboxylic acids is 3. The molecule has 15 heteroatoms. The number of thioether (sulfide) groups is 1. The molecule has 0 spiro atoms. The van der Waals surface area contributed by atoms with Gasteiger partial charge in [0.05, 0.1) is 28.1 Å². The first kappa shape index (κ1) is 32.6. The van der Waals surface area contributed by atoms with Crippen LogP contribution in [-0.4, -0.2) is 34.6 Å². The summed E-state index contributed by atoms with van der Waals surface area (Å²) in [5, 5.41) is 3.83. The number of ether oxygens (including phenoxy) is 1. The average Bonchev–Trinajstić information content (AvgIpc) is 3.80. The SMILES string of the molecule is O=C(COc1ccc(Br)cc1[C@@H]1c2sc(=O)[nH]c2S[C@@H]2[C@@H]3C[C@@H]([C@@H]4C(=O)N(c5cccc(C(F)(F)F)c5)C(=O)[C@@H]34)[C@H]12)Nc1ccc(Cl)cc1. The lowest BCUT2D eigenvalue weighted by atomic mass is 9.68. The maximum Gasteiger partial charge on any atom is 0.416 e. The van der Waals surface area contributed by atoms with Crippen molar-refractivity contribution in [1.82, 2.24) is 4.98 Å². The number of carbonyl (C=O) groups is 3. The second kappa shape index (κ2) is 12.0. The molecule has 8 rings (SSSR count). The first-order chi connectivity index (χ1) is 23.4. The van der Waals surface area contributed by atoms with Crippen LogP contribution in [0.2, 0.25) is 5.02 Å². The Morgan fingerprint density at radius 3 is 2.49 bits per heavy atom. The van der Waals surface area contributed by atoms with Gasteiger partial charge in [0, 0.05) is 36.8 Å². The Hall–Kier alpha value is -3.59. The van der Waals surface area contributed by atoms with Gasteiger partial charge >= 0.3 is 11.0 Å². The number of aromatic amines is 1. The molecule has 7 atom stereocenters. The summed E-state index contributed by atoms with van der Waals surface area (Å²) in [5.41, 5.74) is 0.242. The molecular weight excluding hydrogens is 767 g/mol. The summed E-state index contributed by atoms with van der Waals surface area (Å²) < 4.78 is 47.5. The van der Waals surface area contributed by atoms with E-state index in [2.05, 4.69) is 26.2 Å². The number of nitrogens with one attached hydrogen (secondary N) is 2. The van der Waals surface area contributed by atoms with E-state index in [1.165, 1.54) is 23.9 Å². The fraction of sp³-hybridized carbons (Fsp3) is 0.294. The molecule has 49 heavy (non-hydrogen) atoms. The topological polar surface area (TPSA) is 109 Å². The third-order valence-electron chi connectivity index (χ3n) is 9.95. The number of imide groups is 1. The minimum Gasteiger partial charge on any atom is -0.483 e. The number of hydrogen-bond donors (Lipinski definition) is 2. The Labute approximate surface area is 298 Å². The van der Waals surface area contributed by atoms with E-state index in [4.69, 9.17) is 16.3 Å². The normalized spacial score (nSPS) is 26.8. The van der Waals surface area contributed by atoms with Gasteiger partial charge in [-0.1, -0.05) is 44.9 Å². The van der Waals surface area contributed by atoms with Gasteiger partial charge in [0.25, 0.3) is 5.91 Å². The zero-order chi connectivity index (χ0) is 34.4. The molecule has 2 saturated carbocycles. The number of fused-ring (bicyclic) bond motifs is 9. The lowest BCUT2D eigenvalue weighted by molar-refractivity contribution is -0.137. The minimum absolute atomic E-state index is 0.0891. The predicted molar refractivity (Wildman–Crippen MR) is 182 cm³/mol. The van der Waals surface area contributed by atoms with E-state index in [1.54, 1.807) is 36.4 Å². The number of amides is 3. The summed E-state index contributed by atoms with van der Waals surface area (Å²) in [7, 11) is 0. The van der Waals surface area contributed by atoms with Crippen molar-refractivity contribution in [1.29, 1.82) is 0 Å². The first-order valence-electron chi connectivity index (χ1n) is 15.3. The summed E-state index contributed by atoms with van der Waals surface area (Å²) in [6.45, 7) is -0.307. The van der Waals surface area contributed by atoms with Crippen molar-refractivity contribution in [2.75, 3.05) is 16.8 Å². The van der Waals surface area contributed by atoms with Crippen LogP contribution in [0.25, 0.3) is 0 Å². The molecule has 2 aliphatic carbocycles. The van der Waals surface area contributed by atoms with E-state index in [0.717, 1.165) is 43.3 Å². The summed E-state index contributed by atoms with van der Waals surface area (Å²) in [6.07, 6.45) is -4.04. The Morgan fingerprint density at radius 2 is 1.76 bits per heavy atom. The third kappa shape index (κ3) is 5.51. The lowest BCUT2D eigenvalue weighted by Gasteiger charge is -2.43. The maximum atomic E-state index is 14.1. The predicted octanol–water partition coefficient (Wildman–Crippen LogP) is 7.57. The molecule has 2 aliphatic heterocycles. The van der Waals surface area contributed by atoms with Gasteiger partial charge < -0.3 is 15.0 Å². The van der Waals surface area contributed by atoms with Gasteiger partial charge in [-0.15, -0.1) is 11.8 Å². The van der Waals surface area contributed by atoms with Crippen LogP contribution in [0.1, 0.15) is 28.3 Å². The van der Waals surface area contributed by atoms with Crippen LogP contribution >= 0.6 is 50.6 Å². The number of alkyl halides is 3. The van der Waals surface area contributed by atoms with E-state index in [0.29, 0.717) is 27.9 Å². The highest BCUT2D eigenvalue weighted by atomic mass is 79.9. The highest BCUT2D eigenvalue weighted by molar-refractivity contribution is 9.10. The lowest BCUT2D eigenvalue weighted by Crippen LogP contribution is -2.42. The molecule has 2 bridgehead atoms. The Kier molecular flexibility index (Phi) is 8.00. The smallest absolute Gasteiger partial charge is 0.416 e. The average molecular weight is 791 g/mol. The van der Waals surface area contributed by atoms with Crippen molar-refractivity contribution in [2.45, 2.75) is 28.8 Å². The number of H-pyrrole nitrogens is 1. The second-order valence-corrected chi connectivity index (χ2v) is 16.1. The molecule has 2 N–H and O–H groups in total. The molecule has 3 amide bonds. The minimum atomic E-state index is -4.63. The largest absolute Gasteiger partial charge is 0.483 e. The molecule has 4 aromatic rings. The van der Waals surface area contributed by atoms with Crippen LogP contribution in [0.5, 0.6) is 5.75 Å². The summed E-state index contributed by atoms with van der Waals surface area (Å²) >= 11 is 12.1. The van der Waals surface area contributed by atoms with Crippen LogP contribution in [0.3, 0.4) is 0 Å². The summed E-state index contributed by atoms with van der Waals surface area (Å²) in [4.78, 5) is 58.0. The van der Waals surface area contributed by atoms with Gasteiger partial charge in [0.15, 0.2) is 6.61 Å². The quantitative estimate of drug-likeness (QED) is 0.195. The van der Waals surface area contributed by atoms with Crippen LogP contribution in [-0.2, 0) is 20.6 Å². The van der Waals surface area contributed by atoms with Gasteiger partial charge in [0.2, 0.25) is 11.8 Å². The number of anilines is 2. The van der Waals surface area contributed by atoms with Gasteiger partial charge in [-0.2, -0.15) is 13.2 Å². The fourth-order valence-corrected chi connectivity index (χ4v) is 11.6. The van der Waals surface area contributed by atoms with Crippen molar-refractivity contribution >= 4 is 79.7 Å². The third-order valence-corrected chi connectivity index (χ3v) is 13.3. The zero-order valence-corrected chi connectivity index (χ0v) is 29.0. The van der Waals surface area contributed by atoms with Crippen molar-refractivity contribution in [3.63, 3.8) is 0 Å². The van der Waals surface area contributed by atoms with Gasteiger partial charge in [-0.25, -0.2) is 0 Å². The highest BCUT2D eigenvalue weighted by Crippen LogP contribution is 2.69. The van der Waals surface area contributed by atoms with E-state index in [-0.39, 0.29) is 40.2 Å². The Bertz CT molecular complexity index is 2090. The molecule has 3 fully saturated rings. The molecule has 8 nitrogen and oxygen atoms in total. The molecule has 4 aliphatic rings. The number of aromatic nitrogens is 1. The standard InChI is InChI=1S/C34H24BrClF3N3O5S2/c35-15-4-9-22(47-13-23(43)40-17-7-5-16(36)6-8-17)19(11-15)24-25-20-12-21(28(25)48-30-29(24)49-33(46)41-30)27-26(20)31(44)42(32(27)45)18-3-1-2-14(10-18)34(37,38)39/h1-11,20-21,24-28H,12-13H2,(H,40,43)(H,41,46)/t20-,21-,24+,25-,26+,27+,28-/m1/s1. The Morgan fingerprint density at radius 1 is 1.02 bits per heavy atom. The number of nitrogens with zero attached hydrogens (tertiary/aromatic N) is 1. The zero-order valence-electron chi connectivity index (χ0n) is 25.0. The van der Waals surface area contributed by atoms with E-state index < -0.39 is 47.2 Å². The molecule has 0 radical (unpaired) electrons. The second-order valence-electron chi connectivity index (χ2n) is 12.5. The van der Waals surface area contributed by atoms with Crippen LogP contribution in [0.4, 0.5) is 24.5 Å². The fourth-order valence-electron chi connectivity index (χ4n) is 8.21. The van der Waals surface area contributed by atoms with Crippen molar-refractivity contribution in [3.05, 3.63) is 102 Å². The van der Waals surface area contributed by atoms with E-state index in [9.17, 15) is 32.3 Å². The first-order valence-corrected chi connectivity index (χ1v) is 18.2. The molecule has 3 aromatic carbocycles. The maximum absolute atomic E-state index is 14.1. The van der Waals surface area contributed by atoms with Gasteiger partial charge in [-0.05, 0) is 84.8 Å². The molecular formula is C34H24BrClF3N3O5S2. The monoisotopic (exact) mass is 789 g/mol. The molecule has 252 valence electrons. The van der Waals surface area contributed by atoms with Gasteiger partial charge in [0.1, 0.15) is 5.75 Å². The van der Waals surface area contributed by atoms with Gasteiger partial charge in [-0.3, -0.25) is 24.1 Å². The van der Waals surface area contributed by atoms with Crippen LogP contribution < -0.4 is 19.8 Å². The van der Waals surface area contributed by atoms with E-state index >= 15 is 0 Å².